The third-order valence-electron chi connectivity index (χ3n) is 3.07. The molecule has 0 atom stereocenters. The number of nitrogens with zero attached hydrogens (tertiary/aromatic N) is 2. The lowest BCUT2D eigenvalue weighted by molar-refractivity contribution is 0.111. The minimum absolute atomic E-state index is 0.300. The number of carbonyl (C=O) groups excluding carboxylic acids is 1. The molecule has 0 aliphatic heterocycles. The van der Waals surface area contributed by atoms with Gasteiger partial charge in [-0.25, -0.2) is 9.07 Å². The van der Waals surface area contributed by atoms with Crippen LogP contribution in [0.15, 0.2) is 54.6 Å². The van der Waals surface area contributed by atoms with Crippen molar-refractivity contribution in [2.75, 3.05) is 0 Å². The average molecular weight is 392 g/mol. The van der Waals surface area contributed by atoms with Gasteiger partial charge in [0.05, 0.1) is 11.4 Å². The molecule has 0 saturated heterocycles. The number of hydrogen-bond acceptors (Lipinski definition) is 2. The number of aldehydes is 1. The van der Waals surface area contributed by atoms with Crippen LogP contribution in [0.2, 0.25) is 0 Å². The molecule has 0 aliphatic rings. The van der Waals surface area contributed by atoms with Crippen LogP contribution < -0.4 is 0 Å². The van der Waals surface area contributed by atoms with Gasteiger partial charge in [-0.2, -0.15) is 5.10 Å². The van der Waals surface area contributed by atoms with E-state index in [2.05, 4.69) is 27.7 Å². The molecule has 0 unspecified atom stereocenters. The van der Waals surface area contributed by atoms with E-state index in [1.54, 1.807) is 22.9 Å². The van der Waals surface area contributed by atoms with E-state index in [4.69, 9.17) is 0 Å². The number of hydrogen-bond donors (Lipinski definition) is 0. The van der Waals surface area contributed by atoms with Gasteiger partial charge in [0.1, 0.15) is 11.5 Å². The molecule has 5 heteroatoms. The Bertz CT molecular complexity index is 779. The van der Waals surface area contributed by atoms with Gasteiger partial charge in [-0.3, -0.25) is 4.79 Å². The van der Waals surface area contributed by atoms with Gasteiger partial charge in [0, 0.05) is 9.13 Å². The smallest absolute Gasteiger partial charge is 0.168 e. The normalized spacial score (nSPS) is 10.6. The summed E-state index contributed by atoms with van der Waals surface area (Å²) in [6.45, 7) is 0. The highest BCUT2D eigenvalue weighted by molar-refractivity contribution is 14.1. The van der Waals surface area contributed by atoms with Crippen LogP contribution in [0, 0.1) is 9.39 Å². The molecule has 0 fully saturated rings. The van der Waals surface area contributed by atoms with E-state index in [1.165, 1.54) is 12.1 Å². The van der Waals surface area contributed by atoms with E-state index in [0.717, 1.165) is 21.1 Å². The highest BCUT2D eigenvalue weighted by Gasteiger charge is 2.10. The van der Waals surface area contributed by atoms with Gasteiger partial charge in [0.15, 0.2) is 6.29 Å². The van der Waals surface area contributed by atoms with Gasteiger partial charge in [-0.15, -0.1) is 0 Å². The lowest BCUT2D eigenvalue weighted by Gasteiger charge is -2.03. The van der Waals surface area contributed by atoms with Crippen LogP contribution in [0.3, 0.4) is 0 Å². The summed E-state index contributed by atoms with van der Waals surface area (Å²) in [7, 11) is 0. The van der Waals surface area contributed by atoms with Crippen molar-refractivity contribution < 1.29 is 9.18 Å². The van der Waals surface area contributed by atoms with Crippen molar-refractivity contribution in [1.82, 2.24) is 9.78 Å². The summed E-state index contributed by atoms with van der Waals surface area (Å²) >= 11 is 2.22. The molecule has 3 nitrogen and oxygen atoms in total. The Hall–Kier alpha value is -2.02. The molecule has 0 radical (unpaired) electrons. The van der Waals surface area contributed by atoms with Crippen LogP contribution in [0.4, 0.5) is 4.39 Å². The van der Waals surface area contributed by atoms with Crippen molar-refractivity contribution in [2.24, 2.45) is 0 Å². The fourth-order valence-corrected chi connectivity index (χ4v) is 2.39. The van der Waals surface area contributed by atoms with E-state index in [9.17, 15) is 9.18 Å². The van der Waals surface area contributed by atoms with Crippen LogP contribution in [-0.4, -0.2) is 16.1 Å². The second-order valence-corrected chi connectivity index (χ2v) is 5.71. The minimum atomic E-state index is -0.300. The summed E-state index contributed by atoms with van der Waals surface area (Å²) in [6, 6.07) is 15.4. The zero-order chi connectivity index (χ0) is 14.8. The number of rotatable bonds is 3. The summed E-state index contributed by atoms with van der Waals surface area (Å²) in [5, 5.41) is 4.44. The number of aromatic nitrogens is 2. The largest absolute Gasteiger partial charge is 0.296 e. The van der Waals surface area contributed by atoms with E-state index < -0.39 is 0 Å². The van der Waals surface area contributed by atoms with Gasteiger partial charge >= 0.3 is 0 Å². The van der Waals surface area contributed by atoms with E-state index in [-0.39, 0.29) is 5.82 Å². The highest BCUT2D eigenvalue weighted by atomic mass is 127. The molecule has 2 aromatic carbocycles. The van der Waals surface area contributed by atoms with Crippen LogP contribution in [0.25, 0.3) is 16.9 Å². The molecule has 0 bridgehead atoms. The fourth-order valence-electron chi connectivity index (χ4n) is 2.03. The van der Waals surface area contributed by atoms with Crippen molar-refractivity contribution >= 4 is 28.9 Å². The Kier molecular flexibility index (Phi) is 3.83. The predicted octanol–water partition coefficient (Wildman–Crippen LogP) is 4.10. The Balaban J connectivity index is 2.08. The van der Waals surface area contributed by atoms with Crippen molar-refractivity contribution in [2.45, 2.75) is 0 Å². The molecule has 0 saturated carbocycles. The summed E-state index contributed by atoms with van der Waals surface area (Å²) in [5.74, 6) is -0.300. The van der Waals surface area contributed by atoms with E-state index >= 15 is 0 Å². The molecule has 0 spiro atoms. The molecule has 21 heavy (non-hydrogen) atoms. The SMILES string of the molecule is O=Cc1cc(-c2ccc(F)cc2)nn1-c1ccc(I)cc1. The first-order valence-electron chi connectivity index (χ1n) is 6.24. The van der Waals surface area contributed by atoms with Crippen molar-refractivity contribution in [3.05, 3.63) is 69.7 Å². The van der Waals surface area contributed by atoms with Crippen molar-refractivity contribution in [3.8, 4) is 16.9 Å². The first kappa shape index (κ1) is 13.9. The Labute approximate surface area is 134 Å². The van der Waals surface area contributed by atoms with Gasteiger partial charge in [0.25, 0.3) is 0 Å². The van der Waals surface area contributed by atoms with Gasteiger partial charge in [-0.05, 0) is 77.2 Å². The molecule has 0 N–H and O–H groups in total. The Morgan fingerprint density at radius 2 is 1.71 bits per heavy atom. The number of benzene rings is 2. The number of carbonyl (C=O) groups is 1. The molecule has 1 aromatic heterocycles. The molecule has 0 aliphatic carbocycles. The van der Waals surface area contributed by atoms with Crippen molar-refractivity contribution in [1.29, 1.82) is 0 Å². The predicted molar refractivity (Wildman–Crippen MR) is 87.1 cm³/mol. The molecular formula is C16H10FIN2O. The van der Waals surface area contributed by atoms with Crippen LogP contribution in [-0.2, 0) is 0 Å². The molecule has 104 valence electrons. The molecule has 3 aromatic rings. The van der Waals surface area contributed by atoms with Crippen LogP contribution in [0.1, 0.15) is 10.5 Å². The lowest BCUT2D eigenvalue weighted by Crippen LogP contribution is -2.01. The average Bonchev–Trinajstić information content (AvgIpc) is 2.93. The summed E-state index contributed by atoms with van der Waals surface area (Å²) < 4.78 is 15.7. The molecule has 3 rings (SSSR count). The maximum Gasteiger partial charge on any atom is 0.168 e. The quantitative estimate of drug-likeness (QED) is 0.497. The van der Waals surface area contributed by atoms with E-state index in [1.807, 2.05) is 24.3 Å². The van der Waals surface area contributed by atoms with E-state index in [0.29, 0.717) is 11.4 Å². The van der Waals surface area contributed by atoms with Crippen LogP contribution >= 0.6 is 22.6 Å². The second-order valence-electron chi connectivity index (χ2n) is 4.47. The third kappa shape index (κ3) is 2.87. The molecular weight excluding hydrogens is 382 g/mol. The van der Waals surface area contributed by atoms with Gasteiger partial charge < -0.3 is 0 Å². The summed E-state index contributed by atoms with van der Waals surface area (Å²) in [5.41, 5.74) is 2.67. The maximum absolute atomic E-state index is 13.0. The number of halogens is 2. The Morgan fingerprint density at radius 1 is 1.05 bits per heavy atom. The molecule has 0 amide bonds. The first-order chi connectivity index (χ1) is 10.2. The van der Waals surface area contributed by atoms with Gasteiger partial charge in [-0.1, -0.05) is 0 Å². The maximum atomic E-state index is 13.0. The highest BCUT2D eigenvalue weighted by Crippen LogP contribution is 2.21. The second kappa shape index (κ2) is 5.77. The summed E-state index contributed by atoms with van der Waals surface area (Å²) in [4.78, 5) is 11.2. The lowest BCUT2D eigenvalue weighted by atomic mass is 10.1. The third-order valence-corrected chi connectivity index (χ3v) is 3.79. The van der Waals surface area contributed by atoms with Crippen LogP contribution in [0.5, 0.6) is 0 Å². The Morgan fingerprint density at radius 3 is 2.33 bits per heavy atom. The standard InChI is InChI=1S/C16H10FIN2O/c17-12-3-1-11(2-4-12)16-9-15(10-21)20(19-16)14-7-5-13(18)6-8-14/h1-10H. The first-order valence-corrected chi connectivity index (χ1v) is 7.32. The topological polar surface area (TPSA) is 34.9 Å². The van der Waals surface area contributed by atoms with Crippen molar-refractivity contribution in [3.63, 3.8) is 0 Å². The zero-order valence-electron chi connectivity index (χ0n) is 10.8. The fraction of sp³-hybridized carbons (Fsp3) is 0. The summed E-state index contributed by atoms with van der Waals surface area (Å²) in [6.07, 6.45) is 0.762. The minimum Gasteiger partial charge on any atom is -0.296 e. The zero-order valence-corrected chi connectivity index (χ0v) is 13.0. The monoisotopic (exact) mass is 392 g/mol. The van der Waals surface area contributed by atoms with Gasteiger partial charge in [0.2, 0.25) is 0 Å². The molecule has 1 heterocycles.